The molecule has 0 fully saturated rings. The van der Waals surface area contributed by atoms with Crippen LogP contribution in [0, 0.1) is 12.1 Å². The van der Waals surface area contributed by atoms with Crippen LogP contribution in [0.1, 0.15) is 5.69 Å². The largest absolute Gasteiger partial charge is 0.594 e. The van der Waals surface area contributed by atoms with Crippen molar-refractivity contribution in [2.75, 3.05) is 0 Å². The Morgan fingerprint density at radius 1 is 1.78 bits per heavy atom. The molecule has 1 radical (unpaired) electrons. The van der Waals surface area contributed by atoms with Crippen molar-refractivity contribution in [1.29, 1.82) is 0 Å². The summed E-state index contributed by atoms with van der Waals surface area (Å²) in [5, 5.41) is 22.5. The highest BCUT2D eigenvalue weighted by Gasteiger charge is 2.03. The van der Waals surface area contributed by atoms with Crippen molar-refractivity contribution in [3.05, 3.63) is 30.1 Å². The summed E-state index contributed by atoms with van der Waals surface area (Å²) in [4.78, 5) is 0.259. The molecular weight excluding hydrogens is 120 g/mol. The predicted octanol–water partition coefficient (Wildman–Crippen LogP) is -0.397. The molecule has 0 aliphatic carbocycles. The number of hydrogen-bond donors (Lipinski definition) is 1. The maximum Gasteiger partial charge on any atom is 0.263 e. The summed E-state index contributed by atoms with van der Waals surface area (Å²) in [6, 6.07) is 1.30. The SMILES string of the molecule is [CH2]c1c(O)ccn[n+]1[O-]. The Labute approximate surface area is 52.0 Å². The van der Waals surface area contributed by atoms with Crippen LogP contribution < -0.4 is 4.85 Å². The number of aromatic hydroxyl groups is 1. The van der Waals surface area contributed by atoms with Crippen LogP contribution in [0.5, 0.6) is 5.75 Å². The van der Waals surface area contributed by atoms with E-state index in [0.29, 0.717) is 0 Å². The third kappa shape index (κ3) is 0.910. The van der Waals surface area contributed by atoms with Crippen molar-refractivity contribution < 1.29 is 9.95 Å². The van der Waals surface area contributed by atoms with Gasteiger partial charge in [0.25, 0.3) is 5.69 Å². The number of aromatic nitrogens is 2. The fourth-order valence-corrected chi connectivity index (χ4v) is 0.428. The zero-order chi connectivity index (χ0) is 6.85. The zero-order valence-corrected chi connectivity index (χ0v) is 4.61. The second-order valence-corrected chi connectivity index (χ2v) is 1.54. The Bertz CT molecular complexity index is 204. The normalized spacial score (nSPS) is 9.44. The second-order valence-electron chi connectivity index (χ2n) is 1.54. The van der Waals surface area contributed by atoms with Gasteiger partial charge in [0.05, 0.1) is 13.1 Å². The summed E-state index contributed by atoms with van der Waals surface area (Å²) in [5.41, 5.74) is -0.0301. The molecule has 1 rings (SSSR count). The maximum atomic E-state index is 10.4. The van der Waals surface area contributed by atoms with E-state index in [-0.39, 0.29) is 16.3 Å². The molecule has 1 heterocycles. The van der Waals surface area contributed by atoms with Crippen molar-refractivity contribution in [3.8, 4) is 5.75 Å². The maximum absolute atomic E-state index is 10.4. The molecule has 1 N–H and O–H groups in total. The molecule has 4 heteroatoms. The van der Waals surface area contributed by atoms with Crippen LogP contribution in [0.2, 0.25) is 0 Å². The van der Waals surface area contributed by atoms with Gasteiger partial charge in [-0.15, -0.1) is 0 Å². The third-order valence-corrected chi connectivity index (χ3v) is 0.931. The molecule has 4 nitrogen and oxygen atoms in total. The lowest BCUT2D eigenvalue weighted by atomic mass is 10.4. The molecule has 0 spiro atoms. The Hall–Kier alpha value is -1.32. The fraction of sp³-hybridized carbons (Fsp3) is 0. The molecule has 0 aliphatic heterocycles. The predicted molar refractivity (Wildman–Crippen MR) is 29.3 cm³/mol. The van der Waals surface area contributed by atoms with Crippen molar-refractivity contribution >= 4 is 0 Å². The molecule has 0 atom stereocenters. The highest BCUT2D eigenvalue weighted by molar-refractivity contribution is 5.21. The summed E-state index contributed by atoms with van der Waals surface area (Å²) in [5.74, 6) is -0.139. The zero-order valence-electron chi connectivity index (χ0n) is 4.61. The van der Waals surface area contributed by atoms with Crippen molar-refractivity contribution in [3.63, 3.8) is 0 Å². The summed E-state index contributed by atoms with van der Waals surface area (Å²) < 4.78 is 0. The van der Waals surface area contributed by atoms with E-state index in [1.165, 1.54) is 12.3 Å². The second kappa shape index (κ2) is 1.89. The Balaban J connectivity index is 3.25. The van der Waals surface area contributed by atoms with Gasteiger partial charge in [0.2, 0.25) is 0 Å². The molecule has 0 bridgehead atoms. The molecule has 0 saturated carbocycles. The van der Waals surface area contributed by atoms with Crippen LogP contribution in [0.25, 0.3) is 0 Å². The van der Waals surface area contributed by atoms with E-state index in [1.54, 1.807) is 0 Å². The van der Waals surface area contributed by atoms with E-state index < -0.39 is 0 Å². The molecule has 0 aromatic carbocycles. The van der Waals surface area contributed by atoms with E-state index in [0.717, 1.165) is 0 Å². The Kier molecular flexibility index (Phi) is 1.22. The van der Waals surface area contributed by atoms with Gasteiger partial charge < -0.3 is 10.3 Å². The third-order valence-electron chi connectivity index (χ3n) is 0.931. The van der Waals surface area contributed by atoms with E-state index in [2.05, 4.69) is 12.0 Å². The lowest BCUT2D eigenvalue weighted by Crippen LogP contribution is -2.33. The van der Waals surface area contributed by atoms with Crippen LogP contribution in [-0.4, -0.2) is 10.2 Å². The van der Waals surface area contributed by atoms with E-state index in [9.17, 15) is 5.21 Å². The van der Waals surface area contributed by atoms with Crippen molar-refractivity contribution in [1.82, 2.24) is 5.10 Å². The van der Waals surface area contributed by atoms with Gasteiger partial charge in [-0.25, -0.2) is 0 Å². The molecule has 0 amide bonds. The summed E-state index contributed by atoms with van der Waals surface area (Å²) in [7, 11) is 0. The number of nitrogens with zero attached hydrogens (tertiary/aromatic N) is 2. The smallest absolute Gasteiger partial charge is 0.263 e. The minimum absolute atomic E-state index is 0.0301. The Morgan fingerprint density at radius 2 is 2.44 bits per heavy atom. The first-order chi connectivity index (χ1) is 4.22. The van der Waals surface area contributed by atoms with Gasteiger partial charge >= 0.3 is 0 Å². The molecule has 0 unspecified atom stereocenters. The average molecular weight is 125 g/mol. The molecule has 47 valence electrons. The summed E-state index contributed by atoms with van der Waals surface area (Å²) >= 11 is 0. The highest BCUT2D eigenvalue weighted by Crippen LogP contribution is 2.06. The van der Waals surface area contributed by atoms with E-state index in [1.807, 2.05) is 0 Å². The standard InChI is InChI=1S/C5H5N2O2/c1-4-5(8)2-3-6-7(4)9/h2-3,8H,1H2. The molecule has 1 aromatic rings. The molecule has 9 heavy (non-hydrogen) atoms. The van der Waals surface area contributed by atoms with Gasteiger partial charge in [-0.1, -0.05) is 4.85 Å². The molecule has 0 saturated heterocycles. The van der Waals surface area contributed by atoms with Gasteiger partial charge in [-0.2, -0.15) is 0 Å². The number of hydrogen-bond acceptors (Lipinski definition) is 3. The average Bonchev–Trinajstić information content (AvgIpc) is 1.83. The molecule has 0 aliphatic rings. The van der Waals surface area contributed by atoms with Crippen LogP contribution in [0.3, 0.4) is 0 Å². The van der Waals surface area contributed by atoms with Gasteiger partial charge in [0.15, 0.2) is 5.75 Å². The van der Waals surface area contributed by atoms with Crippen LogP contribution in [0.15, 0.2) is 12.3 Å². The van der Waals surface area contributed by atoms with Crippen LogP contribution in [-0.2, 0) is 0 Å². The molecular formula is C5H5N2O2. The van der Waals surface area contributed by atoms with Gasteiger partial charge in [0, 0.05) is 11.2 Å². The minimum Gasteiger partial charge on any atom is -0.594 e. The van der Waals surface area contributed by atoms with E-state index >= 15 is 0 Å². The number of rotatable bonds is 0. The lowest BCUT2D eigenvalue weighted by Gasteiger charge is -1.95. The monoisotopic (exact) mass is 125 g/mol. The van der Waals surface area contributed by atoms with Gasteiger partial charge in [-0.3, -0.25) is 0 Å². The van der Waals surface area contributed by atoms with Crippen LogP contribution in [0.4, 0.5) is 0 Å². The van der Waals surface area contributed by atoms with Gasteiger partial charge in [-0.05, 0) is 0 Å². The topological polar surface area (TPSA) is 60.1 Å². The first-order valence-electron chi connectivity index (χ1n) is 2.31. The fourth-order valence-electron chi connectivity index (χ4n) is 0.428. The summed E-state index contributed by atoms with van der Waals surface area (Å²) in [6.07, 6.45) is 1.21. The summed E-state index contributed by atoms with van der Waals surface area (Å²) in [6.45, 7) is 3.26. The van der Waals surface area contributed by atoms with Gasteiger partial charge in [0.1, 0.15) is 0 Å². The van der Waals surface area contributed by atoms with E-state index in [4.69, 9.17) is 5.11 Å². The molecule has 1 aromatic heterocycles. The quantitative estimate of drug-likeness (QED) is 0.379. The van der Waals surface area contributed by atoms with Crippen molar-refractivity contribution in [2.45, 2.75) is 0 Å². The minimum atomic E-state index is -0.139. The first-order valence-corrected chi connectivity index (χ1v) is 2.31. The highest BCUT2D eigenvalue weighted by atomic mass is 16.5. The first kappa shape index (κ1) is 5.81. The lowest BCUT2D eigenvalue weighted by molar-refractivity contribution is -0.673. The van der Waals surface area contributed by atoms with Crippen molar-refractivity contribution in [2.24, 2.45) is 0 Å². The Morgan fingerprint density at radius 3 is 2.89 bits per heavy atom. The van der Waals surface area contributed by atoms with Crippen LogP contribution >= 0.6 is 0 Å².